The average molecular weight is 488 g/mol. The summed E-state index contributed by atoms with van der Waals surface area (Å²) in [5.41, 5.74) is 7.65. The van der Waals surface area contributed by atoms with E-state index in [1.54, 1.807) is 6.66 Å². The molecule has 178 valence electrons. The predicted octanol–water partition coefficient (Wildman–Crippen LogP) is 6.48. The van der Waals surface area contributed by atoms with E-state index in [0.717, 1.165) is 53.9 Å². The fourth-order valence-electron chi connectivity index (χ4n) is 4.45. The van der Waals surface area contributed by atoms with Gasteiger partial charge in [0.15, 0.2) is 12.1 Å². The lowest BCUT2D eigenvalue weighted by Crippen LogP contribution is -2.44. The summed E-state index contributed by atoms with van der Waals surface area (Å²) >= 11 is 1.29. The van der Waals surface area contributed by atoms with Gasteiger partial charge in [0, 0.05) is 16.9 Å². The van der Waals surface area contributed by atoms with Crippen molar-refractivity contribution in [1.82, 2.24) is 0 Å². The van der Waals surface area contributed by atoms with E-state index < -0.39 is 17.4 Å². The molecule has 2 aromatic carbocycles. The third kappa shape index (κ3) is 6.30. The van der Waals surface area contributed by atoms with Gasteiger partial charge < -0.3 is 15.0 Å². The van der Waals surface area contributed by atoms with Gasteiger partial charge >= 0.3 is 0 Å². The van der Waals surface area contributed by atoms with Crippen LogP contribution in [0, 0.1) is 0 Å². The van der Waals surface area contributed by atoms with Crippen LogP contribution in [0.15, 0.2) is 53.4 Å². The molecule has 0 radical (unpaired) electrons. The summed E-state index contributed by atoms with van der Waals surface area (Å²) in [5.74, 6) is 0.487. The van der Waals surface area contributed by atoms with E-state index in [9.17, 15) is 14.2 Å². The highest BCUT2D eigenvalue weighted by Gasteiger charge is 2.50. The van der Waals surface area contributed by atoms with Crippen LogP contribution in [0.3, 0.4) is 0 Å². The van der Waals surface area contributed by atoms with Gasteiger partial charge in [-0.3, -0.25) is 9.59 Å². The lowest BCUT2D eigenvalue weighted by Gasteiger charge is -2.38. The zero-order valence-electron chi connectivity index (χ0n) is 19.5. The first kappa shape index (κ1) is 25.6. The number of carbonyl (C=O) groups excluding carboxylic acids is 2. The minimum absolute atomic E-state index is 0.160. The topological polar surface area (TPSA) is 86.5 Å². The fraction of sp³-hybridized carbons (Fsp3) is 0.462. The number of aryl methyl sites for hydroxylation is 1. The molecular weight excluding hydrogens is 453 g/mol. The van der Waals surface area contributed by atoms with Crippen molar-refractivity contribution >= 4 is 29.4 Å². The molecule has 0 saturated heterocycles. The molecule has 7 heteroatoms. The molecule has 1 unspecified atom stereocenters. The maximum Gasteiger partial charge on any atom is 0.231 e. The van der Waals surface area contributed by atoms with Crippen LogP contribution in [0.2, 0.25) is 0 Å². The van der Waals surface area contributed by atoms with Crippen LogP contribution in [0.1, 0.15) is 67.8 Å². The van der Waals surface area contributed by atoms with Crippen molar-refractivity contribution in [2.75, 3.05) is 13.3 Å². The van der Waals surface area contributed by atoms with Gasteiger partial charge in [-0.15, -0.1) is 0 Å². The standard InChI is InChI=1S/C26H34NO4PS/c1-3-24(28)21-11-7-9-20(19-21)10-8-18-31-22-12-14-23(15-13-22)33-32(2,30)26(25(27)29)16-5-4-6-17-26/h7,9,11-15,19H,3-6,8,10,16-18H2,1-2H3,(H2,27,29). The van der Waals surface area contributed by atoms with Crippen LogP contribution in [-0.2, 0) is 15.8 Å². The Morgan fingerprint density at radius 2 is 1.79 bits per heavy atom. The van der Waals surface area contributed by atoms with Crippen molar-refractivity contribution in [2.24, 2.45) is 5.73 Å². The maximum absolute atomic E-state index is 13.6. The molecule has 0 spiro atoms. The number of hydrogen-bond donors (Lipinski definition) is 1. The number of nitrogens with two attached hydrogens (primary N) is 1. The molecule has 1 atom stereocenters. The third-order valence-electron chi connectivity index (χ3n) is 6.47. The van der Waals surface area contributed by atoms with E-state index in [0.29, 0.717) is 25.9 Å². The Balaban J connectivity index is 1.53. The van der Waals surface area contributed by atoms with Crippen LogP contribution in [0.25, 0.3) is 0 Å². The lowest BCUT2D eigenvalue weighted by molar-refractivity contribution is -0.121. The quantitative estimate of drug-likeness (QED) is 0.223. The van der Waals surface area contributed by atoms with E-state index in [2.05, 4.69) is 0 Å². The largest absolute Gasteiger partial charge is 0.494 e. The van der Waals surface area contributed by atoms with Crippen molar-refractivity contribution in [1.29, 1.82) is 0 Å². The number of ketones is 1. The van der Waals surface area contributed by atoms with E-state index in [4.69, 9.17) is 10.5 Å². The summed E-state index contributed by atoms with van der Waals surface area (Å²) in [6.45, 7) is 4.15. The molecule has 33 heavy (non-hydrogen) atoms. The zero-order chi connectivity index (χ0) is 23.9. The summed E-state index contributed by atoms with van der Waals surface area (Å²) in [7, 11) is 0. The Bertz CT molecular complexity index is 1020. The van der Waals surface area contributed by atoms with Gasteiger partial charge in [0.1, 0.15) is 10.9 Å². The number of amides is 1. The first-order valence-electron chi connectivity index (χ1n) is 11.7. The van der Waals surface area contributed by atoms with Gasteiger partial charge in [0.2, 0.25) is 5.91 Å². The van der Waals surface area contributed by atoms with Gasteiger partial charge in [-0.1, -0.05) is 55.8 Å². The summed E-state index contributed by atoms with van der Waals surface area (Å²) in [6.07, 6.45) is 3.38. The minimum atomic E-state index is -2.89. The summed E-state index contributed by atoms with van der Waals surface area (Å²) in [5, 5.41) is -0.899. The highest BCUT2D eigenvalue weighted by Crippen LogP contribution is 2.71. The van der Waals surface area contributed by atoms with Crippen molar-refractivity contribution in [3.63, 3.8) is 0 Å². The second kappa shape index (κ2) is 11.4. The molecule has 1 saturated carbocycles. The molecule has 1 aliphatic rings. The van der Waals surface area contributed by atoms with Gasteiger partial charge in [0.25, 0.3) is 0 Å². The average Bonchev–Trinajstić information content (AvgIpc) is 2.82. The highest BCUT2D eigenvalue weighted by atomic mass is 32.7. The fourth-order valence-corrected chi connectivity index (χ4v) is 9.72. The van der Waals surface area contributed by atoms with Gasteiger partial charge in [0.05, 0.1) is 6.61 Å². The van der Waals surface area contributed by atoms with Gasteiger partial charge in [-0.05, 0) is 68.2 Å². The number of Topliss-reactive ketones (excluding diaryl/α,β-unsaturated/α-hetero) is 1. The second-order valence-corrected chi connectivity index (χ2v) is 14.6. The number of rotatable bonds is 11. The van der Waals surface area contributed by atoms with E-state index in [1.807, 2.05) is 55.5 Å². The normalized spacial score (nSPS) is 17.2. The molecule has 2 N–H and O–H groups in total. The Kier molecular flexibility index (Phi) is 8.83. The molecular formula is C26H34NO4PS. The van der Waals surface area contributed by atoms with Crippen LogP contribution in [0.5, 0.6) is 5.75 Å². The minimum Gasteiger partial charge on any atom is -0.494 e. The molecule has 3 rings (SSSR count). The number of carbonyl (C=O) groups is 2. The number of primary amides is 1. The second-order valence-electron chi connectivity index (χ2n) is 8.79. The van der Waals surface area contributed by atoms with Gasteiger partial charge in [-0.25, -0.2) is 0 Å². The summed E-state index contributed by atoms with van der Waals surface area (Å²) < 4.78 is 19.5. The predicted molar refractivity (Wildman–Crippen MR) is 136 cm³/mol. The molecule has 0 aliphatic heterocycles. The first-order chi connectivity index (χ1) is 15.8. The summed E-state index contributed by atoms with van der Waals surface area (Å²) in [6, 6.07) is 15.3. The number of hydrogen-bond acceptors (Lipinski definition) is 5. The molecule has 5 nitrogen and oxygen atoms in total. The molecule has 0 heterocycles. The van der Waals surface area contributed by atoms with Crippen molar-refractivity contribution in [3.8, 4) is 5.75 Å². The van der Waals surface area contributed by atoms with E-state index >= 15 is 0 Å². The van der Waals surface area contributed by atoms with E-state index in [1.165, 1.54) is 11.4 Å². The molecule has 1 fully saturated rings. The molecule has 0 bridgehead atoms. The van der Waals surface area contributed by atoms with Crippen LogP contribution < -0.4 is 10.5 Å². The SMILES string of the molecule is CCC(=O)c1cccc(CCCOc2ccc(SP(C)(=O)C3(C(N)=O)CCCCC3)cc2)c1. The van der Waals surface area contributed by atoms with Crippen molar-refractivity contribution in [3.05, 3.63) is 59.7 Å². The van der Waals surface area contributed by atoms with Crippen LogP contribution in [0.4, 0.5) is 0 Å². The van der Waals surface area contributed by atoms with Crippen molar-refractivity contribution < 1.29 is 18.9 Å². The molecule has 1 aliphatic carbocycles. The lowest BCUT2D eigenvalue weighted by atomic mass is 9.88. The Hall–Kier alpha value is -2.04. The summed E-state index contributed by atoms with van der Waals surface area (Å²) in [4.78, 5) is 25.0. The van der Waals surface area contributed by atoms with Crippen LogP contribution in [-0.4, -0.2) is 30.1 Å². The maximum atomic E-state index is 13.6. The Morgan fingerprint density at radius 3 is 2.42 bits per heavy atom. The van der Waals surface area contributed by atoms with Crippen molar-refractivity contribution in [2.45, 2.75) is 68.3 Å². The van der Waals surface area contributed by atoms with Crippen LogP contribution >= 0.6 is 17.7 Å². The monoisotopic (exact) mass is 487 g/mol. The van der Waals surface area contributed by atoms with E-state index in [-0.39, 0.29) is 5.78 Å². The number of ether oxygens (including phenoxy) is 1. The van der Waals surface area contributed by atoms with Gasteiger partial charge in [-0.2, -0.15) is 0 Å². The Morgan fingerprint density at radius 1 is 1.09 bits per heavy atom. The first-order valence-corrected chi connectivity index (χ1v) is 15.3. The zero-order valence-corrected chi connectivity index (χ0v) is 21.3. The molecule has 2 aromatic rings. The highest BCUT2D eigenvalue weighted by molar-refractivity contribution is 8.58. The third-order valence-corrected chi connectivity index (χ3v) is 12.2. The Labute approximate surface area is 201 Å². The molecule has 1 amide bonds. The smallest absolute Gasteiger partial charge is 0.231 e. The molecule has 0 aromatic heterocycles. The number of benzene rings is 2.